The summed E-state index contributed by atoms with van der Waals surface area (Å²) in [6.45, 7) is 2.06. The van der Waals surface area contributed by atoms with Crippen LogP contribution < -0.4 is 0 Å². The van der Waals surface area contributed by atoms with Gasteiger partial charge >= 0.3 is 5.97 Å². The van der Waals surface area contributed by atoms with Crippen molar-refractivity contribution in [3.05, 3.63) is 65.4 Å². The maximum absolute atomic E-state index is 12.3. The predicted molar refractivity (Wildman–Crippen MR) is 97.4 cm³/mol. The molecule has 0 aliphatic heterocycles. The minimum absolute atomic E-state index is 0.0405. The Bertz CT molecular complexity index is 939. The molecular formula is C19H16N2O3S. The highest BCUT2D eigenvalue weighted by molar-refractivity contribution is 7.99. The zero-order valence-corrected chi connectivity index (χ0v) is 14.4. The number of aryl methyl sites for hydroxylation is 1. The molecule has 0 amide bonds. The van der Waals surface area contributed by atoms with Crippen LogP contribution in [0, 0.1) is 0 Å². The number of Topliss-reactive ketones (excluding diaryl/α,β-unsaturated/α-hetero) is 1. The Morgan fingerprint density at radius 3 is 2.44 bits per heavy atom. The average Bonchev–Trinajstić information content (AvgIpc) is 2.65. The van der Waals surface area contributed by atoms with Gasteiger partial charge in [-0.25, -0.2) is 14.8 Å². The lowest BCUT2D eigenvalue weighted by molar-refractivity contribution is 0.0691. The molecule has 0 bridgehead atoms. The number of ketones is 1. The van der Waals surface area contributed by atoms with Crippen molar-refractivity contribution >= 4 is 34.4 Å². The van der Waals surface area contributed by atoms with Crippen molar-refractivity contribution in [1.82, 2.24) is 9.97 Å². The van der Waals surface area contributed by atoms with Gasteiger partial charge in [-0.15, -0.1) is 0 Å². The van der Waals surface area contributed by atoms with Crippen molar-refractivity contribution in [3.63, 3.8) is 0 Å². The summed E-state index contributed by atoms with van der Waals surface area (Å²) in [6, 6.07) is 14.4. The summed E-state index contributed by atoms with van der Waals surface area (Å²) in [5, 5.41) is 10.1. The molecule has 0 unspecified atom stereocenters. The summed E-state index contributed by atoms with van der Waals surface area (Å²) < 4.78 is 0. The normalized spacial score (nSPS) is 10.8. The van der Waals surface area contributed by atoms with Gasteiger partial charge in [0.1, 0.15) is 0 Å². The molecular weight excluding hydrogens is 336 g/mol. The number of nitrogens with zero attached hydrogens (tertiary/aromatic N) is 2. The predicted octanol–water partition coefficient (Wildman–Crippen LogP) is 3.87. The van der Waals surface area contributed by atoms with Crippen molar-refractivity contribution < 1.29 is 14.7 Å². The second-order valence-electron chi connectivity index (χ2n) is 5.44. The first-order valence-corrected chi connectivity index (χ1v) is 8.82. The van der Waals surface area contributed by atoms with E-state index in [4.69, 9.17) is 0 Å². The van der Waals surface area contributed by atoms with E-state index >= 15 is 0 Å². The van der Waals surface area contributed by atoms with Gasteiger partial charge in [0, 0.05) is 10.9 Å². The molecule has 3 aromatic rings. The van der Waals surface area contributed by atoms with Crippen molar-refractivity contribution in [2.45, 2.75) is 18.5 Å². The Kier molecular flexibility index (Phi) is 5.09. The molecule has 5 nitrogen and oxygen atoms in total. The number of benzene rings is 2. The van der Waals surface area contributed by atoms with Crippen LogP contribution in [0.3, 0.4) is 0 Å². The zero-order valence-electron chi connectivity index (χ0n) is 13.6. The van der Waals surface area contributed by atoms with Crippen LogP contribution in [-0.4, -0.2) is 32.6 Å². The van der Waals surface area contributed by atoms with E-state index in [-0.39, 0.29) is 22.4 Å². The van der Waals surface area contributed by atoms with Crippen LogP contribution in [0.15, 0.2) is 53.7 Å². The Labute approximate surface area is 149 Å². The molecule has 0 aliphatic rings. The van der Waals surface area contributed by atoms with E-state index in [1.54, 1.807) is 24.3 Å². The summed E-state index contributed by atoms with van der Waals surface area (Å²) in [6.07, 6.45) is 0.923. The number of aromatic nitrogens is 2. The molecule has 25 heavy (non-hydrogen) atoms. The number of carbonyl (C=O) groups is 2. The van der Waals surface area contributed by atoms with Crippen LogP contribution in [0.4, 0.5) is 0 Å². The number of hydrogen-bond donors (Lipinski definition) is 1. The summed E-state index contributed by atoms with van der Waals surface area (Å²) in [7, 11) is 0. The number of hydrogen-bond acceptors (Lipinski definition) is 5. The van der Waals surface area contributed by atoms with E-state index in [1.165, 1.54) is 5.56 Å². The summed E-state index contributed by atoms with van der Waals surface area (Å²) in [4.78, 5) is 32.2. The second-order valence-corrected chi connectivity index (χ2v) is 6.38. The molecule has 1 N–H and O–H groups in total. The van der Waals surface area contributed by atoms with Crippen LogP contribution in [0.25, 0.3) is 10.9 Å². The first kappa shape index (κ1) is 17.1. The Morgan fingerprint density at radius 1 is 1.04 bits per heavy atom. The van der Waals surface area contributed by atoms with Crippen LogP contribution in [0.2, 0.25) is 0 Å². The fraction of sp³-hybridized carbons (Fsp3) is 0.158. The lowest BCUT2D eigenvalue weighted by Gasteiger charge is -2.06. The fourth-order valence-corrected chi connectivity index (χ4v) is 3.17. The van der Waals surface area contributed by atoms with E-state index < -0.39 is 5.97 Å². The van der Waals surface area contributed by atoms with Crippen molar-refractivity contribution in [3.8, 4) is 0 Å². The number of fused-ring (bicyclic) bond motifs is 1. The van der Waals surface area contributed by atoms with E-state index in [0.29, 0.717) is 16.5 Å². The van der Waals surface area contributed by atoms with Gasteiger partial charge in [-0.3, -0.25) is 4.79 Å². The molecule has 0 fully saturated rings. The largest absolute Gasteiger partial charge is 0.476 e. The van der Waals surface area contributed by atoms with E-state index in [1.807, 2.05) is 24.3 Å². The molecule has 0 atom stereocenters. The lowest BCUT2D eigenvalue weighted by atomic mass is 10.1. The number of aromatic carboxylic acids is 1. The van der Waals surface area contributed by atoms with Crippen LogP contribution in [0.5, 0.6) is 0 Å². The third kappa shape index (κ3) is 3.85. The minimum Gasteiger partial charge on any atom is -0.476 e. The maximum Gasteiger partial charge on any atom is 0.355 e. The van der Waals surface area contributed by atoms with Gasteiger partial charge in [0.2, 0.25) is 0 Å². The van der Waals surface area contributed by atoms with Gasteiger partial charge in [-0.05, 0) is 18.1 Å². The average molecular weight is 352 g/mol. The highest BCUT2D eigenvalue weighted by Crippen LogP contribution is 2.22. The molecule has 0 radical (unpaired) electrons. The van der Waals surface area contributed by atoms with Crippen molar-refractivity contribution in [2.24, 2.45) is 0 Å². The molecule has 1 heterocycles. The summed E-state index contributed by atoms with van der Waals surface area (Å²) >= 11 is 1.14. The quantitative estimate of drug-likeness (QED) is 0.412. The van der Waals surface area contributed by atoms with E-state index in [0.717, 1.165) is 18.2 Å². The third-order valence-corrected chi connectivity index (χ3v) is 4.65. The van der Waals surface area contributed by atoms with E-state index in [2.05, 4.69) is 16.9 Å². The Morgan fingerprint density at radius 2 is 1.76 bits per heavy atom. The molecule has 0 saturated heterocycles. The zero-order chi connectivity index (χ0) is 17.8. The first-order chi connectivity index (χ1) is 12.1. The standard InChI is InChI=1S/C19H16N2O3S/c1-2-12-7-9-13(10-8-12)16(22)11-25-19-20-15-6-4-3-5-14(15)17(21-19)18(23)24/h3-10H,2,11H2,1H3,(H,23,24). The number of carboxylic acids is 1. The number of carbonyl (C=O) groups excluding carboxylic acids is 1. The smallest absolute Gasteiger partial charge is 0.355 e. The van der Waals surface area contributed by atoms with Gasteiger partial charge in [0.05, 0.1) is 11.3 Å². The van der Waals surface area contributed by atoms with Crippen molar-refractivity contribution in [2.75, 3.05) is 5.75 Å². The number of rotatable bonds is 6. The van der Waals surface area contributed by atoms with Gasteiger partial charge in [0.25, 0.3) is 0 Å². The SMILES string of the molecule is CCc1ccc(C(=O)CSc2nc(C(=O)O)c3ccccc3n2)cc1. The van der Waals surface area contributed by atoms with E-state index in [9.17, 15) is 14.7 Å². The van der Waals surface area contributed by atoms with Crippen molar-refractivity contribution in [1.29, 1.82) is 0 Å². The molecule has 0 saturated carbocycles. The first-order valence-electron chi connectivity index (χ1n) is 7.83. The molecule has 6 heteroatoms. The number of carboxylic acid groups (broad SMARTS) is 1. The summed E-state index contributed by atoms with van der Waals surface area (Å²) in [5.74, 6) is -0.994. The van der Waals surface area contributed by atoms with Gasteiger partial charge < -0.3 is 5.11 Å². The summed E-state index contributed by atoms with van der Waals surface area (Å²) in [5.41, 5.74) is 2.31. The van der Waals surface area contributed by atoms with Gasteiger partial charge in [-0.2, -0.15) is 0 Å². The minimum atomic E-state index is -1.11. The second kappa shape index (κ2) is 7.44. The van der Waals surface area contributed by atoms with Crippen LogP contribution in [-0.2, 0) is 6.42 Å². The highest BCUT2D eigenvalue weighted by atomic mass is 32.2. The number of para-hydroxylation sites is 1. The molecule has 3 rings (SSSR count). The Balaban J connectivity index is 1.80. The molecule has 126 valence electrons. The van der Waals surface area contributed by atoms with Crippen LogP contribution >= 0.6 is 11.8 Å². The molecule has 2 aromatic carbocycles. The highest BCUT2D eigenvalue weighted by Gasteiger charge is 2.15. The van der Waals surface area contributed by atoms with Gasteiger partial charge in [-0.1, -0.05) is 61.2 Å². The number of thioether (sulfide) groups is 1. The monoisotopic (exact) mass is 352 g/mol. The molecule has 0 aliphatic carbocycles. The molecule has 1 aromatic heterocycles. The molecule has 0 spiro atoms. The third-order valence-electron chi connectivity index (χ3n) is 3.80. The van der Waals surface area contributed by atoms with Crippen LogP contribution in [0.1, 0.15) is 33.3 Å². The fourth-order valence-electron chi connectivity index (χ4n) is 2.42. The Hall–Kier alpha value is -2.73. The topological polar surface area (TPSA) is 80.2 Å². The van der Waals surface area contributed by atoms with Gasteiger partial charge in [0.15, 0.2) is 16.6 Å². The maximum atomic E-state index is 12.3. The lowest BCUT2D eigenvalue weighted by Crippen LogP contribution is -2.07.